The maximum atomic E-state index is 11.0. The molecule has 0 aromatic heterocycles. The Bertz CT molecular complexity index is 268. The molecule has 144 valence electrons. The lowest BCUT2D eigenvalue weighted by Gasteiger charge is -2.08. The monoisotopic (exact) mass is 346 g/mol. The second kappa shape index (κ2) is 18.7. The number of hydrogen-bond donors (Lipinski definition) is 1. The van der Waals surface area contributed by atoms with E-state index in [-0.39, 0.29) is 6.61 Å². The van der Waals surface area contributed by atoms with Crippen molar-refractivity contribution in [1.29, 1.82) is 0 Å². The first-order valence-electron chi connectivity index (χ1n) is 9.68. The first-order valence-corrected chi connectivity index (χ1v) is 9.68. The molecule has 0 aromatic carbocycles. The topological polar surface area (TPSA) is 65.0 Å². The van der Waals surface area contributed by atoms with Crippen LogP contribution in [0.3, 0.4) is 0 Å². The van der Waals surface area contributed by atoms with Gasteiger partial charge in [0.15, 0.2) is 0 Å². The summed E-state index contributed by atoms with van der Waals surface area (Å²) in [5.41, 5.74) is 0. The fraction of sp³-hybridized carbons (Fsp3) is 0.947. The average Bonchev–Trinajstić information content (AvgIpc) is 2.57. The molecule has 0 radical (unpaired) electrons. The van der Waals surface area contributed by atoms with Crippen molar-refractivity contribution in [2.24, 2.45) is 0 Å². The number of unbranched alkanes of at least 4 members (excludes halogenated alkanes) is 9. The summed E-state index contributed by atoms with van der Waals surface area (Å²) in [6.07, 6.45) is 12.2. The summed E-state index contributed by atoms with van der Waals surface area (Å²) in [6, 6.07) is 0. The van der Waals surface area contributed by atoms with Gasteiger partial charge in [-0.3, -0.25) is 0 Å². The molecule has 0 rings (SSSR count). The lowest BCUT2D eigenvalue weighted by Crippen LogP contribution is -2.21. The molecule has 0 saturated heterocycles. The zero-order chi connectivity index (χ0) is 17.9. The van der Waals surface area contributed by atoms with Gasteiger partial charge in [0.1, 0.15) is 12.7 Å². The molecule has 5 heteroatoms. The van der Waals surface area contributed by atoms with Crippen LogP contribution in [0.15, 0.2) is 0 Å². The predicted octanol–water partition coefficient (Wildman–Crippen LogP) is 3.86. The first-order chi connectivity index (χ1) is 11.7. The van der Waals surface area contributed by atoms with Crippen LogP contribution in [0.1, 0.15) is 78.1 Å². The minimum atomic E-state index is -1.07. The number of hydrogen-bond acceptors (Lipinski definition) is 5. The molecule has 0 heterocycles. The summed E-state index contributed by atoms with van der Waals surface area (Å²) >= 11 is 0. The standard InChI is InChI=1S/C19H38O5/c1-3-4-5-6-7-8-9-10-11-12-13-22-14-15-23-16-17-24-19(21)18(2)20/h18,20H,3-17H2,1-2H3/t18-/m0/s1. The average molecular weight is 347 g/mol. The fourth-order valence-electron chi connectivity index (χ4n) is 2.34. The Hall–Kier alpha value is -0.650. The lowest BCUT2D eigenvalue weighted by molar-refractivity contribution is -0.154. The molecule has 0 amide bonds. The van der Waals surface area contributed by atoms with E-state index in [1.54, 1.807) is 0 Å². The van der Waals surface area contributed by atoms with Crippen molar-refractivity contribution in [1.82, 2.24) is 0 Å². The molecular formula is C19H38O5. The van der Waals surface area contributed by atoms with Gasteiger partial charge in [0.2, 0.25) is 0 Å². The quantitative estimate of drug-likeness (QED) is 0.301. The van der Waals surface area contributed by atoms with E-state index in [9.17, 15) is 4.79 Å². The Kier molecular flexibility index (Phi) is 18.2. The van der Waals surface area contributed by atoms with Gasteiger partial charge in [-0.25, -0.2) is 4.79 Å². The molecule has 1 N–H and O–H groups in total. The van der Waals surface area contributed by atoms with Crippen LogP contribution in [0.4, 0.5) is 0 Å². The summed E-state index contributed by atoms with van der Waals surface area (Å²) < 4.78 is 15.5. The number of ether oxygens (including phenoxy) is 3. The Morgan fingerprint density at radius 2 is 1.21 bits per heavy atom. The zero-order valence-corrected chi connectivity index (χ0v) is 15.8. The molecule has 0 aromatic rings. The molecule has 0 aliphatic rings. The highest BCUT2D eigenvalue weighted by atomic mass is 16.6. The largest absolute Gasteiger partial charge is 0.461 e. The van der Waals surface area contributed by atoms with Crippen LogP contribution in [0, 0.1) is 0 Å². The summed E-state index contributed by atoms with van der Waals surface area (Å²) in [4.78, 5) is 11.0. The number of aliphatic hydroxyl groups excluding tert-OH is 1. The Morgan fingerprint density at radius 1 is 0.750 bits per heavy atom. The molecule has 0 spiro atoms. The highest BCUT2D eigenvalue weighted by Crippen LogP contribution is 2.10. The van der Waals surface area contributed by atoms with Gasteiger partial charge in [0.25, 0.3) is 0 Å². The number of rotatable bonds is 18. The third-order valence-electron chi connectivity index (χ3n) is 3.83. The highest BCUT2D eigenvalue weighted by molar-refractivity contribution is 5.73. The van der Waals surface area contributed by atoms with Crippen molar-refractivity contribution in [3.8, 4) is 0 Å². The van der Waals surface area contributed by atoms with E-state index in [1.165, 1.54) is 64.7 Å². The van der Waals surface area contributed by atoms with Crippen molar-refractivity contribution in [2.45, 2.75) is 84.2 Å². The van der Waals surface area contributed by atoms with Crippen molar-refractivity contribution in [3.05, 3.63) is 0 Å². The number of esters is 1. The SMILES string of the molecule is CCCCCCCCCCCCOCCOCCOC(=O)[C@H](C)O. The van der Waals surface area contributed by atoms with Crippen molar-refractivity contribution < 1.29 is 24.1 Å². The van der Waals surface area contributed by atoms with Crippen molar-refractivity contribution in [3.63, 3.8) is 0 Å². The van der Waals surface area contributed by atoms with Gasteiger partial charge in [0.05, 0.1) is 19.8 Å². The van der Waals surface area contributed by atoms with Crippen LogP contribution in [0.2, 0.25) is 0 Å². The second-order valence-corrected chi connectivity index (χ2v) is 6.25. The Labute approximate surface area is 148 Å². The normalized spacial score (nSPS) is 12.3. The molecule has 1 atom stereocenters. The minimum Gasteiger partial charge on any atom is -0.461 e. The van der Waals surface area contributed by atoms with E-state index in [0.717, 1.165) is 13.0 Å². The molecule has 0 aliphatic heterocycles. The van der Waals surface area contributed by atoms with E-state index in [4.69, 9.17) is 19.3 Å². The molecule has 5 nitrogen and oxygen atoms in total. The molecule has 0 aliphatic carbocycles. The van der Waals surface area contributed by atoms with Crippen LogP contribution in [-0.4, -0.2) is 50.2 Å². The van der Waals surface area contributed by atoms with Crippen molar-refractivity contribution >= 4 is 5.97 Å². The third-order valence-corrected chi connectivity index (χ3v) is 3.83. The fourth-order valence-corrected chi connectivity index (χ4v) is 2.34. The van der Waals surface area contributed by atoms with Crippen LogP contribution in [0.5, 0.6) is 0 Å². The van der Waals surface area contributed by atoms with E-state index in [1.807, 2.05) is 0 Å². The molecule has 0 fully saturated rings. The van der Waals surface area contributed by atoms with Crippen LogP contribution in [0.25, 0.3) is 0 Å². The van der Waals surface area contributed by atoms with E-state index >= 15 is 0 Å². The molecule has 0 unspecified atom stereocenters. The smallest absolute Gasteiger partial charge is 0.334 e. The molecule has 24 heavy (non-hydrogen) atoms. The predicted molar refractivity (Wildman–Crippen MR) is 96.1 cm³/mol. The summed E-state index contributed by atoms with van der Waals surface area (Å²) in [5, 5.41) is 8.92. The van der Waals surface area contributed by atoms with Gasteiger partial charge in [0, 0.05) is 6.61 Å². The van der Waals surface area contributed by atoms with Crippen LogP contribution < -0.4 is 0 Å². The molecule has 0 bridgehead atoms. The first kappa shape index (κ1) is 23.4. The summed E-state index contributed by atoms with van der Waals surface area (Å²) in [5.74, 6) is -0.615. The van der Waals surface area contributed by atoms with Gasteiger partial charge in [-0.05, 0) is 13.3 Å². The Morgan fingerprint density at radius 3 is 1.75 bits per heavy atom. The molecular weight excluding hydrogens is 308 g/mol. The maximum absolute atomic E-state index is 11.0. The third kappa shape index (κ3) is 17.7. The van der Waals surface area contributed by atoms with E-state index < -0.39 is 12.1 Å². The van der Waals surface area contributed by atoms with E-state index in [2.05, 4.69) is 6.92 Å². The van der Waals surface area contributed by atoms with Gasteiger partial charge in [-0.2, -0.15) is 0 Å². The summed E-state index contributed by atoms with van der Waals surface area (Å²) in [7, 11) is 0. The number of carbonyl (C=O) groups is 1. The van der Waals surface area contributed by atoms with Gasteiger partial charge >= 0.3 is 5.97 Å². The van der Waals surface area contributed by atoms with E-state index in [0.29, 0.717) is 19.8 Å². The Balaban J connectivity index is 3.04. The summed E-state index contributed by atoms with van der Waals surface area (Å²) in [6.45, 7) is 6.00. The maximum Gasteiger partial charge on any atom is 0.334 e. The van der Waals surface area contributed by atoms with Gasteiger partial charge in [-0.1, -0.05) is 64.7 Å². The van der Waals surface area contributed by atoms with Gasteiger partial charge in [-0.15, -0.1) is 0 Å². The number of aliphatic hydroxyl groups is 1. The van der Waals surface area contributed by atoms with Crippen molar-refractivity contribution in [2.75, 3.05) is 33.0 Å². The second-order valence-electron chi connectivity index (χ2n) is 6.25. The van der Waals surface area contributed by atoms with Gasteiger partial charge < -0.3 is 19.3 Å². The zero-order valence-electron chi connectivity index (χ0n) is 15.8. The van der Waals surface area contributed by atoms with Crippen LogP contribution >= 0.6 is 0 Å². The number of carbonyl (C=O) groups excluding carboxylic acids is 1. The lowest BCUT2D eigenvalue weighted by atomic mass is 10.1. The van der Waals surface area contributed by atoms with Crippen LogP contribution in [-0.2, 0) is 19.0 Å². The minimum absolute atomic E-state index is 0.169. The molecule has 0 saturated carbocycles. The highest BCUT2D eigenvalue weighted by Gasteiger charge is 2.08.